The topological polar surface area (TPSA) is 51.1 Å². The van der Waals surface area contributed by atoms with Crippen molar-refractivity contribution in [2.75, 3.05) is 0 Å². The van der Waals surface area contributed by atoms with Gasteiger partial charge in [-0.3, -0.25) is 9.59 Å². The van der Waals surface area contributed by atoms with Gasteiger partial charge in [0.1, 0.15) is 6.54 Å². The Bertz CT molecular complexity index is 584. The van der Waals surface area contributed by atoms with Crippen LogP contribution in [0.15, 0.2) is 30.5 Å². The monoisotopic (exact) mass is 244 g/mol. The predicted molar refractivity (Wildman–Crippen MR) is 70.6 cm³/mol. The highest BCUT2D eigenvalue weighted by Gasteiger charge is 2.09. The number of carbonyl (C=O) groups is 2. The van der Waals surface area contributed by atoms with Crippen molar-refractivity contribution in [3.63, 3.8) is 0 Å². The lowest BCUT2D eigenvalue weighted by Gasteiger charge is -2.10. The first-order valence-electron chi connectivity index (χ1n) is 5.94. The molecular formula is C14H16N2O2. The maximum absolute atomic E-state index is 11.7. The van der Waals surface area contributed by atoms with E-state index in [0.717, 1.165) is 17.2 Å². The Labute approximate surface area is 106 Å². The number of nitrogens with one attached hydrogen (secondary N) is 1. The molecule has 1 amide bonds. The molecule has 2 aromatic rings. The van der Waals surface area contributed by atoms with E-state index in [9.17, 15) is 9.59 Å². The maximum Gasteiger partial charge on any atom is 0.240 e. The lowest BCUT2D eigenvalue weighted by molar-refractivity contribution is -0.122. The van der Waals surface area contributed by atoms with Crippen LogP contribution in [-0.4, -0.2) is 22.8 Å². The molecule has 0 spiro atoms. The summed E-state index contributed by atoms with van der Waals surface area (Å²) in [5.74, 6) is -0.0526. The van der Waals surface area contributed by atoms with Crippen LogP contribution in [0.4, 0.5) is 0 Å². The summed E-state index contributed by atoms with van der Waals surface area (Å²) < 4.78 is 1.80. The number of hydrogen-bond acceptors (Lipinski definition) is 2. The highest BCUT2D eigenvalue weighted by molar-refractivity contribution is 5.97. The van der Waals surface area contributed by atoms with E-state index in [2.05, 4.69) is 5.32 Å². The molecule has 0 bridgehead atoms. The number of carbonyl (C=O) groups excluding carboxylic acids is 2. The van der Waals surface area contributed by atoms with Gasteiger partial charge < -0.3 is 9.88 Å². The first kappa shape index (κ1) is 12.4. The zero-order valence-corrected chi connectivity index (χ0v) is 10.5. The number of fused-ring (bicyclic) bond motifs is 1. The molecule has 2 rings (SSSR count). The summed E-state index contributed by atoms with van der Waals surface area (Å²) in [4.78, 5) is 22.8. The second-order valence-corrected chi connectivity index (χ2v) is 4.57. The van der Waals surface area contributed by atoms with Crippen LogP contribution >= 0.6 is 0 Å². The lowest BCUT2D eigenvalue weighted by atomic mass is 10.1. The van der Waals surface area contributed by atoms with Gasteiger partial charge in [-0.25, -0.2) is 0 Å². The Balaban J connectivity index is 2.34. The molecule has 0 radical (unpaired) electrons. The number of hydrogen-bond donors (Lipinski definition) is 1. The Kier molecular flexibility index (Phi) is 3.46. The van der Waals surface area contributed by atoms with E-state index in [0.29, 0.717) is 5.56 Å². The van der Waals surface area contributed by atoms with Crippen LogP contribution < -0.4 is 5.32 Å². The summed E-state index contributed by atoms with van der Waals surface area (Å²) in [7, 11) is 0. The molecule has 1 N–H and O–H groups in total. The average molecular weight is 244 g/mol. The Morgan fingerprint density at radius 2 is 2.17 bits per heavy atom. The fraction of sp³-hybridized carbons (Fsp3) is 0.286. The van der Waals surface area contributed by atoms with Crippen molar-refractivity contribution in [3.05, 3.63) is 36.0 Å². The van der Waals surface area contributed by atoms with Gasteiger partial charge in [-0.15, -0.1) is 0 Å². The van der Waals surface area contributed by atoms with Gasteiger partial charge in [-0.1, -0.05) is 12.1 Å². The van der Waals surface area contributed by atoms with Gasteiger partial charge in [-0.2, -0.15) is 0 Å². The number of benzene rings is 1. The quantitative estimate of drug-likeness (QED) is 0.836. The van der Waals surface area contributed by atoms with Gasteiger partial charge in [0, 0.05) is 23.2 Å². The smallest absolute Gasteiger partial charge is 0.240 e. The first-order chi connectivity index (χ1) is 8.61. The van der Waals surface area contributed by atoms with E-state index in [1.165, 1.54) is 0 Å². The summed E-state index contributed by atoms with van der Waals surface area (Å²) in [5, 5.41) is 3.80. The molecule has 0 aliphatic rings. The summed E-state index contributed by atoms with van der Waals surface area (Å²) >= 11 is 0. The van der Waals surface area contributed by atoms with Crippen LogP contribution in [0, 0.1) is 0 Å². The third-order valence-corrected chi connectivity index (χ3v) is 2.71. The van der Waals surface area contributed by atoms with E-state index < -0.39 is 0 Å². The highest BCUT2D eigenvalue weighted by Crippen LogP contribution is 2.19. The number of nitrogens with zero attached hydrogens (tertiary/aromatic N) is 1. The zero-order chi connectivity index (χ0) is 13.1. The molecule has 0 saturated carbocycles. The second kappa shape index (κ2) is 5.04. The lowest BCUT2D eigenvalue weighted by Crippen LogP contribution is -2.32. The molecular weight excluding hydrogens is 228 g/mol. The van der Waals surface area contributed by atoms with Crippen LogP contribution in [0.25, 0.3) is 10.9 Å². The minimum absolute atomic E-state index is 0.0526. The third-order valence-electron chi connectivity index (χ3n) is 2.71. The van der Waals surface area contributed by atoms with Crippen LogP contribution in [0.3, 0.4) is 0 Å². The van der Waals surface area contributed by atoms with E-state index in [4.69, 9.17) is 0 Å². The minimum Gasteiger partial charge on any atom is -0.352 e. The van der Waals surface area contributed by atoms with Crippen molar-refractivity contribution < 1.29 is 9.59 Å². The molecule has 0 unspecified atom stereocenters. The van der Waals surface area contributed by atoms with Gasteiger partial charge in [-0.05, 0) is 26.0 Å². The SMILES string of the molecule is CC(C)NC(=O)Cn1ccc2cccc(C=O)c21. The average Bonchev–Trinajstić information content (AvgIpc) is 2.71. The number of para-hydroxylation sites is 1. The van der Waals surface area contributed by atoms with Crippen LogP contribution in [0.1, 0.15) is 24.2 Å². The molecule has 1 aromatic carbocycles. The van der Waals surface area contributed by atoms with Crippen LogP contribution in [-0.2, 0) is 11.3 Å². The summed E-state index contributed by atoms with van der Waals surface area (Å²) in [6.07, 6.45) is 2.65. The largest absolute Gasteiger partial charge is 0.352 e. The predicted octanol–water partition coefficient (Wildman–Crippen LogP) is 1.98. The van der Waals surface area contributed by atoms with Gasteiger partial charge in [0.15, 0.2) is 6.29 Å². The van der Waals surface area contributed by atoms with Crippen molar-refractivity contribution in [1.29, 1.82) is 0 Å². The van der Waals surface area contributed by atoms with Crippen molar-refractivity contribution >= 4 is 23.1 Å². The standard InChI is InChI=1S/C14H16N2O2/c1-10(2)15-13(18)8-16-7-6-11-4-3-5-12(9-17)14(11)16/h3-7,9-10H,8H2,1-2H3,(H,15,18). The molecule has 18 heavy (non-hydrogen) atoms. The molecule has 0 aliphatic carbocycles. The molecule has 4 nitrogen and oxygen atoms in total. The van der Waals surface area contributed by atoms with Gasteiger partial charge in [0.25, 0.3) is 0 Å². The minimum atomic E-state index is -0.0526. The first-order valence-corrected chi connectivity index (χ1v) is 5.94. The molecule has 0 saturated heterocycles. The Morgan fingerprint density at radius 1 is 1.39 bits per heavy atom. The Morgan fingerprint density at radius 3 is 2.83 bits per heavy atom. The summed E-state index contributed by atoms with van der Waals surface area (Å²) in [5.41, 5.74) is 1.42. The Hall–Kier alpha value is -2.10. The van der Waals surface area contributed by atoms with Gasteiger partial charge in [0.2, 0.25) is 5.91 Å². The molecule has 4 heteroatoms. The van der Waals surface area contributed by atoms with E-state index in [1.807, 2.05) is 38.2 Å². The number of aromatic nitrogens is 1. The normalized spacial score (nSPS) is 10.8. The fourth-order valence-electron chi connectivity index (χ4n) is 2.04. The zero-order valence-electron chi connectivity index (χ0n) is 10.5. The van der Waals surface area contributed by atoms with Crippen LogP contribution in [0.5, 0.6) is 0 Å². The molecule has 0 aliphatic heterocycles. The number of rotatable bonds is 4. The van der Waals surface area contributed by atoms with Gasteiger partial charge in [0.05, 0.1) is 5.52 Å². The number of amides is 1. The number of aldehydes is 1. The van der Waals surface area contributed by atoms with Gasteiger partial charge >= 0.3 is 0 Å². The van der Waals surface area contributed by atoms with Crippen molar-refractivity contribution in [3.8, 4) is 0 Å². The van der Waals surface area contributed by atoms with Crippen molar-refractivity contribution in [1.82, 2.24) is 9.88 Å². The molecule has 1 aromatic heterocycles. The van der Waals surface area contributed by atoms with Crippen LogP contribution in [0.2, 0.25) is 0 Å². The van der Waals surface area contributed by atoms with E-state index >= 15 is 0 Å². The van der Waals surface area contributed by atoms with E-state index in [-0.39, 0.29) is 18.5 Å². The maximum atomic E-state index is 11.7. The summed E-state index contributed by atoms with van der Waals surface area (Å²) in [6, 6.07) is 7.55. The third kappa shape index (κ3) is 2.42. The molecule has 0 atom stereocenters. The fourth-order valence-corrected chi connectivity index (χ4v) is 2.04. The van der Waals surface area contributed by atoms with Crippen molar-refractivity contribution in [2.45, 2.75) is 26.4 Å². The molecule has 1 heterocycles. The highest BCUT2D eigenvalue weighted by atomic mass is 16.2. The molecule has 0 fully saturated rings. The van der Waals surface area contributed by atoms with E-state index in [1.54, 1.807) is 10.6 Å². The second-order valence-electron chi connectivity index (χ2n) is 4.57. The molecule has 94 valence electrons. The van der Waals surface area contributed by atoms with Crippen molar-refractivity contribution in [2.24, 2.45) is 0 Å². The summed E-state index contributed by atoms with van der Waals surface area (Å²) in [6.45, 7) is 4.07.